The molecular formula is C18H22O5. The number of cyclic esters (lactones) is 1. The van der Waals surface area contributed by atoms with Gasteiger partial charge in [0.15, 0.2) is 6.29 Å². The number of methoxy groups -OCH3 is 1. The number of benzene rings is 1. The van der Waals surface area contributed by atoms with Gasteiger partial charge in [-0.3, -0.25) is 0 Å². The van der Waals surface area contributed by atoms with E-state index in [9.17, 15) is 4.79 Å². The van der Waals surface area contributed by atoms with Gasteiger partial charge >= 0.3 is 5.97 Å². The first kappa shape index (κ1) is 16.2. The Balaban J connectivity index is 1.70. The molecule has 0 N–H and O–H groups in total. The molecule has 1 aromatic rings. The molecule has 1 aromatic carbocycles. The molecule has 1 fully saturated rings. The van der Waals surface area contributed by atoms with Crippen LogP contribution in [0.15, 0.2) is 42.5 Å². The van der Waals surface area contributed by atoms with Gasteiger partial charge in [-0.2, -0.15) is 0 Å². The molecule has 3 rings (SSSR count). The van der Waals surface area contributed by atoms with Gasteiger partial charge in [0.25, 0.3) is 0 Å². The Morgan fingerprint density at radius 2 is 2.13 bits per heavy atom. The third-order valence-corrected chi connectivity index (χ3v) is 4.27. The molecule has 5 heteroatoms. The third-order valence-electron chi connectivity index (χ3n) is 4.27. The van der Waals surface area contributed by atoms with E-state index in [2.05, 4.69) is 0 Å². The van der Waals surface area contributed by atoms with Crippen molar-refractivity contribution in [1.82, 2.24) is 0 Å². The van der Waals surface area contributed by atoms with Crippen molar-refractivity contribution in [3.63, 3.8) is 0 Å². The largest absolute Gasteiger partial charge is 0.455 e. The molecule has 0 amide bonds. The van der Waals surface area contributed by atoms with Gasteiger partial charge in [0.1, 0.15) is 6.10 Å². The van der Waals surface area contributed by atoms with Crippen LogP contribution in [0.2, 0.25) is 0 Å². The number of carbonyl (C=O) groups is 1. The van der Waals surface area contributed by atoms with E-state index in [4.69, 9.17) is 18.9 Å². The zero-order chi connectivity index (χ0) is 16.1. The summed E-state index contributed by atoms with van der Waals surface area (Å²) < 4.78 is 22.5. The van der Waals surface area contributed by atoms with Gasteiger partial charge in [-0.25, -0.2) is 4.79 Å². The highest BCUT2D eigenvalue weighted by Crippen LogP contribution is 2.34. The SMILES string of the molecule is COCC[C@H]([C@@H]1C=CC(=O)O1)[C@@H]1CCO[C@H](c2ccccc2)O1. The Morgan fingerprint density at radius 1 is 1.30 bits per heavy atom. The molecule has 0 radical (unpaired) electrons. The van der Waals surface area contributed by atoms with E-state index in [0.717, 1.165) is 18.4 Å². The summed E-state index contributed by atoms with van der Waals surface area (Å²) in [4.78, 5) is 11.4. The number of hydrogen-bond donors (Lipinski definition) is 0. The molecule has 2 heterocycles. The maximum Gasteiger partial charge on any atom is 0.331 e. The lowest BCUT2D eigenvalue weighted by molar-refractivity contribution is -0.236. The van der Waals surface area contributed by atoms with Crippen molar-refractivity contribution in [2.24, 2.45) is 5.92 Å². The van der Waals surface area contributed by atoms with Gasteiger partial charge in [-0.1, -0.05) is 30.3 Å². The first-order chi connectivity index (χ1) is 11.3. The smallest absolute Gasteiger partial charge is 0.331 e. The number of rotatable bonds is 6. The highest BCUT2D eigenvalue weighted by Gasteiger charge is 2.37. The molecule has 0 spiro atoms. The second-order valence-corrected chi connectivity index (χ2v) is 5.78. The average molecular weight is 318 g/mol. The summed E-state index contributed by atoms with van der Waals surface area (Å²) >= 11 is 0. The van der Waals surface area contributed by atoms with E-state index >= 15 is 0 Å². The molecule has 2 aliphatic rings. The zero-order valence-electron chi connectivity index (χ0n) is 13.2. The average Bonchev–Trinajstić information content (AvgIpc) is 3.02. The summed E-state index contributed by atoms with van der Waals surface area (Å²) in [5.41, 5.74) is 1.00. The van der Waals surface area contributed by atoms with Crippen molar-refractivity contribution < 1.29 is 23.7 Å². The number of esters is 1. The van der Waals surface area contributed by atoms with Crippen LogP contribution in [-0.2, 0) is 23.7 Å². The Hall–Kier alpha value is -1.69. The molecule has 2 aliphatic heterocycles. The van der Waals surface area contributed by atoms with Crippen LogP contribution >= 0.6 is 0 Å². The van der Waals surface area contributed by atoms with Crippen molar-refractivity contribution in [3.8, 4) is 0 Å². The maximum atomic E-state index is 11.4. The van der Waals surface area contributed by atoms with Crippen molar-refractivity contribution >= 4 is 5.97 Å². The molecule has 4 atom stereocenters. The fourth-order valence-electron chi connectivity index (χ4n) is 3.09. The van der Waals surface area contributed by atoms with E-state index in [1.807, 2.05) is 36.4 Å². The Bertz CT molecular complexity index is 542. The predicted octanol–water partition coefficient (Wildman–Crippen LogP) is 2.63. The number of hydrogen-bond acceptors (Lipinski definition) is 5. The quantitative estimate of drug-likeness (QED) is 0.755. The molecule has 5 nitrogen and oxygen atoms in total. The summed E-state index contributed by atoms with van der Waals surface area (Å²) in [6.07, 6.45) is 4.19. The van der Waals surface area contributed by atoms with Gasteiger partial charge in [-0.15, -0.1) is 0 Å². The molecule has 0 aromatic heterocycles. The minimum Gasteiger partial charge on any atom is -0.455 e. The monoisotopic (exact) mass is 318 g/mol. The predicted molar refractivity (Wildman–Crippen MR) is 83.6 cm³/mol. The fraction of sp³-hybridized carbons (Fsp3) is 0.500. The lowest BCUT2D eigenvalue weighted by Crippen LogP contribution is -2.39. The Labute approximate surface area is 136 Å². The molecule has 0 aliphatic carbocycles. The van der Waals surface area contributed by atoms with E-state index in [0.29, 0.717) is 13.2 Å². The minimum atomic E-state index is -0.374. The van der Waals surface area contributed by atoms with Gasteiger partial charge in [0, 0.05) is 31.3 Å². The standard InChI is InChI=1S/C18H22O5/c1-20-11-9-14(15-7-8-17(19)22-15)16-10-12-21-18(23-16)13-5-3-2-4-6-13/h2-8,14-16,18H,9-12H2,1H3/t14-,15+,16+,18+/m1/s1. The van der Waals surface area contributed by atoms with Gasteiger partial charge in [0.2, 0.25) is 0 Å². The van der Waals surface area contributed by atoms with Crippen molar-refractivity contribution in [2.45, 2.75) is 31.3 Å². The normalized spacial score (nSPS) is 28.6. The van der Waals surface area contributed by atoms with Gasteiger partial charge in [0.05, 0.1) is 12.7 Å². The van der Waals surface area contributed by atoms with Gasteiger partial charge < -0.3 is 18.9 Å². The summed E-state index contributed by atoms with van der Waals surface area (Å²) in [5.74, 6) is -0.225. The molecular weight excluding hydrogens is 296 g/mol. The highest BCUT2D eigenvalue weighted by atomic mass is 16.7. The van der Waals surface area contributed by atoms with E-state index in [1.54, 1.807) is 7.11 Å². The lowest BCUT2D eigenvalue weighted by Gasteiger charge is -2.36. The molecule has 0 bridgehead atoms. The second kappa shape index (κ2) is 7.73. The van der Waals surface area contributed by atoms with Crippen LogP contribution in [0.1, 0.15) is 24.7 Å². The molecule has 1 saturated heterocycles. The van der Waals surface area contributed by atoms with Crippen LogP contribution in [0.25, 0.3) is 0 Å². The number of ether oxygens (including phenoxy) is 4. The van der Waals surface area contributed by atoms with Crippen LogP contribution in [0, 0.1) is 5.92 Å². The maximum absolute atomic E-state index is 11.4. The van der Waals surface area contributed by atoms with Crippen LogP contribution in [0.4, 0.5) is 0 Å². The van der Waals surface area contributed by atoms with Crippen molar-refractivity contribution in [3.05, 3.63) is 48.0 Å². The van der Waals surface area contributed by atoms with Crippen LogP contribution < -0.4 is 0 Å². The topological polar surface area (TPSA) is 54.0 Å². The molecule has 23 heavy (non-hydrogen) atoms. The van der Waals surface area contributed by atoms with E-state index in [-0.39, 0.29) is 30.4 Å². The summed E-state index contributed by atoms with van der Waals surface area (Å²) in [6, 6.07) is 9.89. The van der Waals surface area contributed by atoms with Crippen molar-refractivity contribution in [1.29, 1.82) is 0 Å². The zero-order valence-corrected chi connectivity index (χ0v) is 13.2. The van der Waals surface area contributed by atoms with E-state index in [1.165, 1.54) is 6.08 Å². The third kappa shape index (κ3) is 3.99. The minimum absolute atomic E-state index is 0.0374. The Kier molecular flexibility index (Phi) is 5.43. The molecule has 124 valence electrons. The van der Waals surface area contributed by atoms with Crippen molar-refractivity contribution in [2.75, 3.05) is 20.3 Å². The first-order valence-corrected chi connectivity index (χ1v) is 7.97. The molecule has 0 unspecified atom stereocenters. The fourth-order valence-corrected chi connectivity index (χ4v) is 3.09. The van der Waals surface area contributed by atoms with Crippen LogP contribution in [0.3, 0.4) is 0 Å². The van der Waals surface area contributed by atoms with E-state index < -0.39 is 0 Å². The van der Waals surface area contributed by atoms with Crippen LogP contribution in [0.5, 0.6) is 0 Å². The summed E-state index contributed by atoms with van der Waals surface area (Å²) in [7, 11) is 1.67. The van der Waals surface area contributed by atoms with Crippen LogP contribution in [-0.4, -0.2) is 38.5 Å². The second-order valence-electron chi connectivity index (χ2n) is 5.78. The first-order valence-electron chi connectivity index (χ1n) is 7.97. The summed E-state index contributed by atoms with van der Waals surface area (Å²) in [5, 5.41) is 0. The number of carbonyl (C=O) groups excluding carboxylic acids is 1. The Morgan fingerprint density at radius 3 is 2.83 bits per heavy atom. The van der Waals surface area contributed by atoms with Gasteiger partial charge in [-0.05, 0) is 18.9 Å². The lowest BCUT2D eigenvalue weighted by atomic mass is 9.90. The highest BCUT2D eigenvalue weighted by molar-refractivity contribution is 5.84. The molecule has 0 saturated carbocycles. The summed E-state index contributed by atoms with van der Waals surface area (Å²) in [6.45, 7) is 1.22.